The maximum absolute atomic E-state index is 14.3. The van der Waals surface area contributed by atoms with Gasteiger partial charge in [-0.1, -0.05) is 35.3 Å². The molecule has 8 rings (SSSR count). The Morgan fingerprint density at radius 1 is 1.22 bits per heavy atom. The molecular weight excluding hydrogens is 652 g/mol. The molecule has 0 radical (unpaired) electrons. The fraction of sp³-hybridized carbons (Fsp3) is 0.375. The predicted molar refractivity (Wildman–Crippen MR) is 175 cm³/mol. The molecule has 5 aromatic rings. The third kappa shape index (κ3) is 5.35. The second-order valence-corrected chi connectivity index (χ2v) is 14.2. The molecule has 3 aromatic heterocycles. The first-order chi connectivity index (χ1) is 22.2. The van der Waals surface area contributed by atoms with Gasteiger partial charge in [-0.3, -0.25) is 19.7 Å². The second kappa shape index (κ2) is 11.6. The minimum Gasteiger partial charge on any atom is -0.492 e. The van der Waals surface area contributed by atoms with Gasteiger partial charge in [-0.25, -0.2) is 14.4 Å². The number of aliphatic hydroxyl groups excluding tert-OH is 1. The van der Waals surface area contributed by atoms with E-state index in [1.807, 2.05) is 24.3 Å². The van der Waals surface area contributed by atoms with E-state index in [0.717, 1.165) is 43.8 Å². The van der Waals surface area contributed by atoms with E-state index < -0.39 is 18.1 Å². The molecule has 14 heteroatoms. The van der Waals surface area contributed by atoms with Crippen LogP contribution in [0.5, 0.6) is 5.75 Å². The van der Waals surface area contributed by atoms with Crippen LogP contribution in [0.1, 0.15) is 30.3 Å². The van der Waals surface area contributed by atoms with Gasteiger partial charge in [0.05, 0.1) is 34.7 Å². The number of amides is 1. The molecule has 2 aromatic carbocycles. The van der Waals surface area contributed by atoms with Crippen molar-refractivity contribution in [3.05, 3.63) is 75.9 Å². The van der Waals surface area contributed by atoms with Crippen LogP contribution in [0.15, 0.2) is 54.4 Å². The quantitative estimate of drug-likeness (QED) is 0.208. The average Bonchev–Trinajstić information content (AvgIpc) is 3.80. The molecule has 1 unspecified atom stereocenters. The van der Waals surface area contributed by atoms with Crippen LogP contribution in [0, 0.1) is 5.41 Å². The highest BCUT2D eigenvalue weighted by molar-refractivity contribution is 7.13. The molecule has 2 N–H and O–H groups in total. The van der Waals surface area contributed by atoms with E-state index in [4.69, 9.17) is 33.0 Å². The van der Waals surface area contributed by atoms with Crippen LogP contribution in [0.25, 0.3) is 22.0 Å². The zero-order valence-corrected chi connectivity index (χ0v) is 26.9. The molecule has 0 bridgehead atoms. The summed E-state index contributed by atoms with van der Waals surface area (Å²) in [6.45, 7) is 3.68. The number of anilines is 1. The first kappa shape index (κ1) is 29.8. The number of benzene rings is 2. The summed E-state index contributed by atoms with van der Waals surface area (Å²) >= 11 is 15.0. The molecule has 1 amide bonds. The molecule has 10 nitrogen and oxygen atoms in total. The lowest BCUT2D eigenvalue weighted by Gasteiger charge is -2.57. The van der Waals surface area contributed by atoms with Crippen LogP contribution in [-0.2, 0) is 17.8 Å². The number of aromatic nitrogens is 5. The van der Waals surface area contributed by atoms with E-state index in [1.54, 1.807) is 34.7 Å². The molecular formula is C32H30Cl2FN7O3S. The lowest BCUT2D eigenvalue weighted by atomic mass is 9.62. The highest BCUT2D eigenvalue weighted by Gasteiger charge is 2.51. The van der Waals surface area contributed by atoms with Crippen LogP contribution in [0.3, 0.4) is 0 Å². The van der Waals surface area contributed by atoms with E-state index in [1.165, 1.54) is 16.0 Å². The number of imidazole rings is 1. The number of hydrogen-bond acceptors (Lipinski definition) is 8. The van der Waals surface area contributed by atoms with Gasteiger partial charge < -0.3 is 14.4 Å². The molecule has 2 atom stereocenters. The summed E-state index contributed by atoms with van der Waals surface area (Å²) in [6, 6.07) is 8.44. The first-order valence-corrected chi connectivity index (χ1v) is 16.8. The molecule has 3 aliphatic rings. The Kier molecular flexibility index (Phi) is 7.52. The number of rotatable bonds is 9. The van der Waals surface area contributed by atoms with E-state index in [2.05, 4.69) is 20.2 Å². The van der Waals surface area contributed by atoms with Gasteiger partial charge in [0.2, 0.25) is 0 Å². The Morgan fingerprint density at radius 2 is 2.02 bits per heavy atom. The molecule has 1 saturated carbocycles. The van der Waals surface area contributed by atoms with E-state index in [0.29, 0.717) is 55.1 Å². The maximum Gasteiger partial charge on any atom is 0.257 e. The molecule has 1 aliphatic carbocycles. The number of halogens is 3. The number of nitrogens with one attached hydrogen (secondary N) is 1. The average molecular weight is 683 g/mol. The highest BCUT2D eigenvalue weighted by atomic mass is 35.5. The summed E-state index contributed by atoms with van der Waals surface area (Å²) in [5.74, 6) is 0.341. The molecule has 2 fully saturated rings. The standard InChI is InChI=1S/C32H30Cl2FN7O3S/c33-24-10-22(18-1-3-21(4-2-18)45-7-6-40-15-32(16-40)11-20(43)12-32)26(34)27-23(24)14-42(39-27)29(30(44)38-31-36-5-8-46-31)28-25-9-19(35)13-41(25)17-37-28/h1-5,8,10,14,17,19-20,29,43H,6-7,9,11-13,15-16H2,(H,36,38,44)/t19-,29?/m1/s1. The van der Waals surface area contributed by atoms with Crippen LogP contribution in [0.4, 0.5) is 9.52 Å². The van der Waals surface area contributed by atoms with Crippen molar-refractivity contribution in [3.8, 4) is 16.9 Å². The summed E-state index contributed by atoms with van der Waals surface area (Å²) in [5, 5.41) is 20.8. The van der Waals surface area contributed by atoms with E-state index in [9.17, 15) is 14.3 Å². The number of carbonyl (C=O) groups is 1. The van der Waals surface area contributed by atoms with E-state index in [-0.39, 0.29) is 19.1 Å². The topological polar surface area (TPSA) is 110 Å². The largest absolute Gasteiger partial charge is 0.492 e. The number of carbonyl (C=O) groups excluding carboxylic acids is 1. The van der Waals surface area contributed by atoms with E-state index >= 15 is 0 Å². The van der Waals surface area contributed by atoms with Crippen molar-refractivity contribution in [2.45, 2.75) is 44.1 Å². The second-order valence-electron chi connectivity index (χ2n) is 12.5. The zero-order valence-electron chi connectivity index (χ0n) is 24.6. The number of ether oxygens (including phenoxy) is 1. The molecule has 238 valence electrons. The van der Waals surface area contributed by atoms with Crippen LogP contribution in [0.2, 0.25) is 10.0 Å². The lowest BCUT2D eigenvalue weighted by Crippen LogP contribution is -2.64. The fourth-order valence-electron chi connectivity index (χ4n) is 7.10. The van der Waals surface area contributed by atoms with Gasteiger partial charge in [0.25, 0.3) is 5.91 Å². The predicted octanol–water partition coefficient (Wildman–Crippen LogP) is 5.62. The van der Waals surface area contributed by atoms with Crippen LogP contribution >= 0.6 is 34.5 Å². The summed E-state index contributed by atoms with van der Waals surface area (Å²) in [5.41, 5.74) is 3.37. The SMILES string of the molecule is O=C(Nc1nccs1)C(c1ncn2c1C[C@@H](F)C2)n1cc2c(Cl)cc(-c3ccc(OCCN4CC5(CC(O)C5)C4)cc3)c(Cl)c2n1. The Bertz CT molecular complexity index is 1920. The number of aliphatic hydroxyl groups is 1. The summed E-state index contributed by atoms with van der Waals surface area (Å²) in [6.07, 6.45) is 5.66. The minimum absolute atomic E-state index is 0.121. The van der Waals surface area contributed by atoms with Crippen molar-refractivity contribution < 1.29 is 19.0 Å². The number of fused-ring (bicyclic) bond motifs is 2. The molecule has 5 heterocycles. The van der Waals surface area contributed by atoms with Crippen LogP contribution < -0.4 is 10.1 Å². The number of thiazole rings is 1. The van der Waals surface area contributed by atoms with Crippen molar-refractivity contribution in [1.82, 2.24) is 29.2 Å². The summed E-state index contributed by atoms with van der Waals surface area (Å²) in [7, 11) is 0. The van der Waals surface area contributed by atoms with Crippen molar-refractivity contribution in [2.24, 2.45) is 5.41 Å². The number of hydrogen-bond donors (Lipinski definition) is 2. The normalized spacial score (nSPS) is 19.6. The zero-order chi connectivity index (χ0) is 31.6. The third-order valence-corrected chi connectivity index (χ3v) is 10.6. The summed E-state index contributed by atoms with van der Waals surface area (Å²) < 4.78 is 23.6. The van der Waals surface area contributed by atoms with Crippen molar-refractivity contribution in [1.29, 1.82) is 0 Å². The van der Waals surface area contributed by atoms with Crippen molar-refractivity contribution in [2.75, 3.05) is 31.6 Å². The van der Waals surface area contributed by atoms with Gasteiger partial charge in [0.1, 0.15) is 24.0 Å². The van der Waals surface area contributed by atoms with Gasteiger partial charge in [-0.2, -0.15) is 5.10 Å². The smallest absolute Gasteiger partial charge is 0.257 e. The van der Waals surface area contributed by atoms with Crippen molar-refractivity contribution >= 4 is 56.5 Å². The summed E-state index contributed by atoms with van der Waals surface area (Å²) in [4.78, 5) is 24.8. The highest BCUT2D eigenvalue weighted by Crippen LogP contribution is 2.48. The minimum atomic E-state index is -1.05. The van der Waals surface area contributed by atoms with Gasteiger partial charge in [-0.15, -0.1) is 11.3 Å². The third-order valence-electron chi connectivity index (χ3n) is 9.22. The van der Waals surface area contributed by atoms with Crippen LogP contribution in [-0.4, -0.2) is 78.7 Å². The fourth-order valence-corrected chi connectivity index (χ4v) is 8.18. The molecule has 46 heavy (non-hydrogen) atoms. The lowest BCUT2D eigenvalue weighted by molar-refractivity contribution is -0.129. The van der Waals surface area contributed by atoms with Crippen molar-refractivity contribution in [3.63, 3.8) is 0 Å². The number of nitrogens with zero attached hydrogens (tertiary/aromatic N) is 6. The molecule has 1 spiro atoms. The molecule has 2 aliphatic heterocycles. The number of alkyl halides is 1. The van der Waals surface area contributed by atoms with Gasteiger partial charge >= 0.3 is 0 Å². The maximum atomic E-state index is 14.3. The van der Waals surface area contributed by atoms with Gasteiger partial charge in [0, 0.05) is 65.9 Å². The Hall–Kier alpha value is -3.55. The van der Waals surface area contributed by atoms with Gasteiger partial charge in [0.15, 0.2) is 11.2 Å². The monoisotopic (exact) mass is 681 g/mol. The van der Waals surface area contributed by atoms with Gasteiger partial charge in [-0.05, 0) is 36.6 Å². The Morgan fingerprint density at radius 3 is 2.76 bits per heavy atom. The number of likely N-dealkylation sites (tertiary alicyclic amines) is 1. The first-order valence-electron chi connectivity index (χ1n) is 15.1. The Balaban J connectivity index is 1.04. The Labute approximate surface area is 277 Å². The molecule has 1 saturated heterocycles.